The molecule has 0 amide bonds. The van der Waals surface area contributed by atoms with E-state index in [1.165, 1.54) is 19.3 Å². The minimum absolute atomic E-state index is 0.0352. The van der Waals surface area contributed by atoms with E-state index >= 15 is 0 Å². The number of hydrogen-bond donors (Lipinski definition) is 1. The minimum Gasteiger partial charge on any atom is -0.326 e. The summed E-state index contributed by atoms with van der Waals surface area (Å²) in [6.07, 6.45) is 5.05. The zero-order valence-electron chi connectivity index (χ0n) is 8.48. The molecule has 0 radical (unpaired) electrons. The van der Waals surface area contributed by atoms with Crippen molar-refractivity contribution >= 4 is 0 Å². The van der Waals surface area contributed by atoms with Gasteiger partial charge in [-0.1, -0.05) is 33.1 Å². The van der Waals surface area contributed by atoms with Gasteiger partial charge in [0.05, 0.1) is 0 Å². The van der Waals surface area contributed by atoms with E-state index in [-0.39, 0.29) is 5.54 Å². The Kier molecular flexibility index (Phi) is 4.74. The first-order valence-electron chi connectivity index (χ1n) is 4.74. The van der Waals surface area contributed by atoms with E-state index in [0.29, 0.717) is 0 Å². The SMILES string of the molecule is CCC(C)CCCC(C)(C)N. The monoisotopic (exact) mass is 157 g/mol. The molecule has 1 atom stereocenters. The van der Waals surface area contributed by atoms with Crippen LogP contribution >= 0.6 is 0 Å². The molecule has 1 heteroatoms. The molecule has 0 saturated heterocycles. The highest BCUT2D eigenvalue weighted by Crippen LogP contribution is 2.15. The summed E-state index contributed by atoms with van der Waals surface area (Å²) in [6.45, 7) is 8.76. The summed E-state index contributed by atoms with van der Waals surface area (Å²) < 4.78 is 0. The van der Waals surface area contributed by atoms with Crippen LogP contribution in [0.5, 0.6) is 0 Å². The largest absolute Gasteiger partial charge is 0.326 e. The molecule has 11 heavy (non-hydrogen) atoms. The lowest BCUT2D eigenvalue weighted by molar-refractivity contribution is 0.408. The molecule has 0 aliphatic carbocycles. The molecule has 0 aromatic heterocycles. The van der Waals surface area contributed by atoms with Gasteiger partial charge in [-0.2, -0.15) is 0 Å². The molecule has 1 nitrogen and oxygen atoms in total. The van der Waals surface area contributed by atoms with Crippen LogP contribution in [0.3, 0.4) is 0 Å². The second kappa shape index (κ2) is 4.76. The highest BCUT2D eigenvalue weighted by Gasteiger charge is 2.10. The van der Waals surface area contributed by atoms with Crippen LogP contribution < -0.4 is 5.73 Å². The van der Waals surface area contributed by atoms with Gasteiger partial charge in [0.25, 0.3) is 0 Å². The Balaban J connectivity index is 3.28. The molecule has 0 heterocycles. The fraction of sp³-hybridized carbons (Fsp3) is 1.00. The second-order valence-electron chi connectivity index (χ2n) is 4.39. The zero-order valence-corrected chi connectivity index (χ0v) is 8.48. The second-order valence-corrected chi connectivity index (χ2v) is 4.39. The molecule has 0 fully saturated rings. The van der Waals surface area contributed by atoms with Crippen LogP contribution in [0.2, 0.25) is 0 Å². The van der Waals surface area contributed by atoms with Crippen molar-refractivity contribution in [3.8, 4) is 0 Å². The van der Waals surface area contributed by atoms with Crippen molar-refractivity contribution in [1.29, 1.82) is 0 Å². The lowest BCUT2D eigenvalue weighted by atomic mass is 9.94. The smallest absolute Gasteiger partial charge is 0.00970 e. The first-order valence-corrected chi connectivity index (χ1v) is 4.74. The van der Waals surface area contributed by atoms with Gasteiger partial charge in [0.1, 0.15) is 0 Å². The van der Waals surface area contributed by atoms with Crippen molar-refractivity contribution in [2.75, 3.05) is 0 Å². The molecule has 0 aromatic carbocycles. The fourth-order valence-electron chi connectivity index (χ4n) is 1.11. The summed E-state index contributed by atoms with van der Waals surface area (Å²) >= 11 is 0. The van der Waals surface area contributed by atoms with E-state index in [0.717, 1.165) is 12.3 Å². The molecule has 0 aliphatic heterocycles. The normalized spacial score (nSPS) is 15.0. The van der Waals surface area contributed by atoms with Crippen molar-refractivity contribution in [3.63, 3.8) is 0 Å². The van der Waals surface area contributed by atoms with Crippen LogP contribution in [0.25, 0.3) is 0 Å². The van der Waals surface area contributed by atoms with E-state index in [2.05, 4.69) is 27.7 Å². The van der Waals surface area contributed by atoms with Crippen LogP contribution in [-0.2, 0) is 0 Å². The average molecular weight is 157 g/mol. The van der Waals surface area contributed by atoms with Crippen LogP contribution in [0, 0.1) is 5.92 Å². The number of hydrogen-bond acceptors (Lipinski definition) is 1. The van der Waals surface area contributed by atoms with Crippen LogP contribution in [0.15, 0.2) is 0 Å². The van der Waals surface area contributed by atoms with Crippen molar-refractivity contribution in [1.82, 2.24) is 0 Å². The van der Waals surface area contributed by atoms with Crippen LogP contribution in [0.4, 0.5) is 0 Å². The average Bonchev–Trinajstić information content (AvgIpc) is 1.85. The molecule has 0 saturated carbocycles. The first kappa shape index (κ1) is 11.0. The van der Waals surface area contributed by atoms with E-state index in [9.17, 15) is 0 Å². The van der Waals surface area contributed by atoms with Crippen LogP contribution in [-0.4, -0.2) is 5.54 Å². The summed E-state index contributed by atoms with van der Waals surface area (Å²) in [4.78, 5) is 0. The van der Waals surface area contributed by atoms with Gasteiger partial charge in [0, 0.05) is 5.54 Å². The van der Waals surface area contributed by atoms with Gasteiger partial charge in [-0.05, 0) is 26.2 Å². The minimum atomic E-state index is 0.0352. The Bertz CT molecular complexity index is 91.5. The summed E-state index contributed by atoms with van der Waals surface area (Å²) in [5.41, 5.74) is 5.90. The van der Waals surface area contributed by atoms with Crippen molar-refractivity contribution in [2.24, 2.45) is 11.7 Å². The van der Waals surface area contributed by atoms with Crippen molar-refractivity contribution < 1.29 is 0 Å². The summed E-state index contributed by atoms with van der Waals surface area (Å²) in [7, 11) is 0. The predicted octanol–water partition coefficient (Wildman–Crippen LogP) is 2.94. The van der Waals surface area contributed by atoms with E-state index in [1.54, 1.807) is 0 Å². The molecular formula is C10H23N. The Morgan fingerprint density at radius 3 is 2.27 bits per heavy atom. The highest BCUT2D eigenvalue weighted by molar-refractivity contribution is 4.71. The van der Waals surface area contributed by atoms with Crippen LogP contribution in [0.1, 0.15) is 53.4 Å². The van der Waals surface area contributed by atoms with E-state index in [4.69, 9.17) is 5.73 Å². The highest BCUT2D eigenvalue weighted by atomic mass is 14.7. The molecule has 2 N–H and O–H groups in total. The molecule has 0 bridgehead atoms. The molecule has 0 aliphatic rings. The molecule has 0 spiro atoms. The molecule has 0 rings (SSSR count). The topological polar surface area (TPSA) is 26.0 Å². The first-order chi connectivity index (χ1) is 4.95. The Hall–Kier alpha value is -0.0400. The summed E-state index contributed by atoms with van der Waals surface area (Å²) in [6, 6.07) is 0. The van der Waals surface area contributed by atoms with Gasteiger partial charge < -0.3 is 5.73 Å². The molecular weight excluding hydrogens is 134 g/mol. The standard InChI is InChI=1S/C10H23N/c1-5-9(2)7-6-8-10(3,4)11/h9H,5-8,11H2,1-4H3. The lowest BCUT2D eigenvalue weighted by Crippen LogP contribution is -2.31. The van der Waals surface area contributed by atoms with Gasteiger partial charge >= 0.3 is 0 Å². The molecule has 68 valence electrons. The van der Waals surface area contributed by atoms with Gasteiger partial charge in [-0.15, -0.1) is 0 Å². The van der Waals surface area contributed by atoms with Gasteiger partial charge in [0.2, 0.25) is 0 Å². The summed E-state index contributed by atoms with van der Waals surface area (Å²) in [5, 5.41) is 0. The van der Waals surface area contributed by atoms with E-state index < -0.39 is 0 Å². The van der Waals surface area contributed by atoms with Gasteiger partial charge in [-0.25, -0.2) is 0 Å². The third-order valence-corrected chi connectivity index (χ3v) is 2.21. The summed E-state index contributed by atoms with van der Waals surface area (Å²) in [5.74, 6) is 0.873. The van der Waals surface area contributed by atoms with Gasteiger partial charge in [-0.3, -0.25) is 0 Å². The van der Waals surface area contributed by atoms with Crippen molar-refractivity contribution in [3.05, 3.63) is 0 Å². The third-order valence-electron chi connectivity index (χ3n) is 2.21. The van der Waals surface area contributed by atoms with Gasteiger partial charge in [0.15, 0.2) is 0 Å². The lowest BCUT2D eigenvalue weighted by Gasteiger charge is -2.18. The maximum absolute atomic E-state index is 5.86. The Morgan fingerprint density at radius 2 is 1.91 bits per heavy atom. The quantitative estimate of drug-likeness (QED) is 0.652. The fourth-order valence-corrected chi connectivity index (χ4v) is 1.11. The predicted molar refractivity (Wildman–Crippen MR) is 51.6 cm³/mol. The van der Waals surface area contributed by atoms with Crippen molar-refractivity contribution in [2.45, 2.75) is 58.9 Å². The number of nitrogens with two attached hydrogens (primary N) is 1. The van der Waals surface area contributed by atoms with E-state index in [1.807, 2.05) is 0 Å². The maximum atomic E-state index is 5.86. The molecule has 1 unspecified atom stereocenters. The molecule has 0 aromatic rings. The maximum Gasteiger partial charge on any atom is 0.00970 e. The number of rotatable bonds is 5. The Morgan fingerprint density at radius 1 is 1.36 bits per heavy atom. The third kappa shape index (κ3) is 7.86. The zero-order chi connectivity index (χ0) is 8.91. The Labute approximate surface area is 71.4 Å².